The Balaban J connectivity index is 2.41. The summed E-state index contributed by atoms with van der Waals surface area (Å²) in [6.45, 7) is 0. The number of carboxylic acid groups (broad SMARTS) is 1. The van der Waals surface area contributed by atoms with Gasteiger partial charge in [0, 0.05) is 17.0 Å². The second-order valence-corrected chi connectivity index (χ2v) is 4.50. The van der Waals surface area contributed by atoms with Crippen molar-refractivity contribution < 1.29 is 19.5 Å². The van der Waals surface area contributed by atoms with Crippen LogP contribution in [0, 0.1) is 0 Å². The largest absolute Gasteiger partial charge is 0.481 e. The number of carbonyl (C=O) groups is 3. The Morgan fingerprint density at radius 1 is 1.16 bits per heavy atom. The molecule has 1 rings (SSSR count). The molecule has 0 radical (unpaired) electrons. The molecule has 0 aliphatic rings. The molecule has 1 aromatic rings. The molecule has 1 aromatic carbocycles. The Morgan fingerprint density at radius 2 is 1.79 bits per heavy atom. The Kier molecular flexibility index (Phi) is 5.87. The van der Waals surface area contributed by atoms with Crippen molar-refractivity contribution in [3.63, 3.8) is 0 Å². The van der Waals surface area contributed by atoms with E-state index in [-0.39, 0.29) is 12.8 Å². The molecular formula is C12H14N2O4S. The molecule has 102 valence electrons. The highest BCUT2D eigenvalue weighted by molar-refractivity contribution is 7.98. The van der Waals surface area contributed by atoms with Gasteiger partial charge in [-0.25, -0.2) is 4.79 Å². The fraction of sp³-hybridized carbons (Fsp3) is 0.250. The van der Waals surface area contributed by atoms with Crippen molar-refractivity contribution in [2.24, 2.45) is 0 Å². The summed E-state index contributed by atoms with van der Waals surface area (Å²) in [5.74, 6) is -1.70. The normalized spacial score (nSPS) is 9.74. The van der Waals surface area contributed by atoms with E-state index in [1.807, 2.05) is 18.4 Å². The maximum absolute atomic E-state index is 11.4. The topological polar surface area (TPSA) is 95.5 Å². The number of aliphatic carboxylic acids is 1. The number of hydrogen-bond donors (Lipinski definition) is 3. The lowest BCUT2D eigenvalue weighted by atomic mass is 10.3. The van der Waals surface area contributed by atoms with Crippen LogP contribution < -0.4 is 10.6 Å². The number of carbonyl (C=O) groups excluding carboxylic acids is 2. The fourth-order valence-electron chi connectivity index (χ4n) is 1.25. The lowest BCUT2D eigenvalue weighted by Crippen LogP contribution is -2.34. The summed E-state index contributed by atoms with van der Waals surface area (Å²) in [6.07, 6.45) is 1.41. The molecule has 0 atom stereocenters. The first-order valence-electron chi connectivity index (χ1n) is 5.48. The molecular weight excluding hydrogens is 268 g/mol. The van der Waals surface area contributed by atoms with E-state index in [4.69, 9.17) is 5.11 Å². The van der Waals surface area contributed by atoms with E-state index in [0.29, 0.717) is 5.69 Å². The van der Waals surface area contributed by atoms with Crippen LogP contribution >= 0.6 is 11.8 Å². The average molecular weight is 282 g/mol. The lowest BCUT2D eigenvalue weighted by molar-refractivity contribution is -0.138. The molecule has 3 N–H and O–H groups in total. The minimum Gasteiger partial charge on any atom is -0.481 e. The van der Waals surface area contributed by atoms with Crippen molar-refractivity contribution in [1.82, 2.24) is 5.32 Å². The molecule has 7 heteroatoms. The van der Waals surface area contributed by atoms with Gasteiger partial charge < -0.3 is 10.4 Å². The standard InChI is InChI=1S/C12H14N2O4S/c1-19-9-4-2-8(3-5-9)13-12(18)14-10(15)6-7-11(16)17/h2-5H,6-7H2,1H3,(H,16,17)(H2,13,14,15,18). The highest BCUT2D eigenvalue weighted by Gasteiger charge is 2.09. The van der Waals surface area contributed by atoms with Crippen LogP contribution in [0.5, 0.6) is 0 Å². The highest BCUT2D eigenvalue weighted by Crippen LogP contribution is 2.17. The van der Waals surface area contributed by atoms with Crippen LogP contribution in [-0.4, -0.2) is 29.3 Å². The first-order chi connectivity index (χ1) is 9.01. The number of amides is 3. The number of hydrogen-bond acceptors (Lipinski definition) is 4. The van der Waals surface area contributed by atoms with Crippen molar-refractivity contribution in [2.75, 3.05) is 11.6 Å². The van der Waals surface area contributed by atoms with E-state index >= 15 is 0 Å². The van der Waals surface area contributed by atoms with Crippen LogP contribution in [0.15, 0.2) is 29.2 Å². The SMILES string of the molecule is CSc1ccc(NC(=O)NC(=O)CCC(=O)O)cc1. The average Bonchev–Trinajstić information content (AvgIpc) is 2.37. The lowest BCUT2D eigenvalue weighted by Gasteiger charge is -2.06. The van der Waals surface area contributed by atoms with Gasteiger partial charge in [-0.05, 0) is 30.5 Å². The van der Waals surface area contributed by atoms with E-state index in [0.717, 1.165) is 4.90 Å². The zero-order chi connectivity index (χ0) is 14.3. The van der Waals surface area contributed by atoms with E-state index in [2.05, 4.69) is 10.6 Å². The number of imide groups is 1. The Morgan fingerprint density at radius 3 is 2.32 bits per heavy atom. The quantitative estimate of drug-likeness (QED) is 0.717. The molecule has 0 heterocycles. The summed E-state index contributed by atoms with van der Waals surface area (Å²) < 4.78 is 0. The third-order valence-corrected chi connectivity index (χ3v) is 2.91. The van der Waals surface area contributed by atoms with E-state index in [1.165, 1.54) is 0 Å². The number of benzene rings is 1. The van der Waals surface area contributed by atoms with Gasteiger partial charge in [-0.15, -0.1) is 11.8 Å². The van der Waals surface area contributed by atoms with Crippen LogP contribution in [-0.2, 0) is 9.59 Å². The van der Waals surface area contributed by atoms with Crippen molar-refractivity contribution in [2.45, 2.75) is 17.7 Å². The molecule has 19 heavy (non-hydrogen) atoms. The molecule has 6 nitrogen and oxygen atoms in total. The predicted octanol–water partition coefficient (Wildman–Crippen LogP) is 1.92. The van der Waals surface area contributed by atoms with Crippen LogP contribution in [0.25, 0.3) is 0 Å². The van der Waals surface area contributed by atoms with E-state index < -0.39 is 17.9 Å². The van der Waals surface area contributed by atoms with Crippen molar-refractivity contribution in [1.29, 1.82) is 0 Å². The fourth-order valence-corrected chi connectivity index (χ4v) is 1.65. The zero-order valence-electron chi connectivity index (χ0n) is 10.3. The van der Waals surface area contributed by atoms with Gasteiger partial charge in [-0.1, -0.05) is 0 Å². The second kappa shape index (κ2) is 7.42. The first-order valence-corrected chi connectivity index (χ1v) is 6.70. The van der Waals surface area contributed by atoms with E-state index in [9.17, 15) is 14.4 Å². The summed E-state index contributed by atoms with van der Waals surface area (Å²) in [4.78, 5) is 34.0. The van der Waals surface area contributed by atoms with Gasteiger partial charge >= 0.3 is 12.0 Å². The molecule has 0 bridgehead atoms. The Labute approximate surface area is 114 Å². The van der Waals surface area contributed by atoms with Gasteiger partial charge in [0.1, 0.15) is 0 Å². The van der Waals surface area contributed by atoms with Crippen molar-refractivity contribution in [3.8, 4) is 0 Å². The zero-order valence-corrected chi connectivity index (χ0v) is 11.1. The number of anilines is 1. The van der Waals surface area contributed by atoms with Gasteiger partial charge in [0.15, 0.2) is 0 Å². The molecule has 0 saturated carbocycles. The first kappa shape index (κ1) is 15.0. The van der Waals surface area contributed by atoms with Gasteiger partial charge in [0.05, 0.1) is 6.42 Å². The molecule has 0 unspecified atom stereocenters. The molecule has 0 aliphatic heterocycles. The third kappa shape index (κ3) is 5.91. The summed E-state index contributed by atoms with van der Waals surface area (Å²) in [6, 6.07) is 6.44. The number of rotatable bonds is 5. The molecule has 0 fully saturated rings. The smallest absolute Gasteiger partial charge is 0.325 e. The molecule has 3 amide bonds. The number of nitrogens with one attached hydrogen (secondary N) is 2. The van der Waals surface area contributed by atoms with Crippen molar-refractivity contribution in [3.05, 3.63) is 24.3 Å². The summed E-state index contributed by atoms with van der Waals surface area (Å²) >= 11 is 1.58. The van der Waals surface area contributed by atoms with Gasteiger partial charge in [0.2, 0.25) is 5.91 Å². The second-order valence-electron chi connectivity index (χ2n) is 3.62. The predicted molar refractivity (Wildman–Crippen MR) is 72.3 cm³/mol. The van der Waals surface area contributed by atoms with Crippen LogP contribution in [0.3, 0.4) is 0 Å². The number of thioether (sulfide) groups is 1. The third-order valence-electron chi connectivity index (χ3n) is 2.17. The summed E-state index contributed by atoms with van der Waals surface area (Å²) in [7, 11) is 0. The van der Waals surface area contributed by atoms with Gasteiger partial charge in [0.25, 0.3) is 0 Å². The summed E-state index contributed by atoms with van der Waals surface area (Å²) in [5.41, 5.74) is 0.557. The Bertz CT molecular complexity index is 473. The number of urea groups is 1. The molecule has 0 saturated heterocycles. The highest BCUT2D eigenvalue weighted by atomic mass is 32.2. The van der Waals surface area contributed by atoms with Crippen LogP contribution in [0.4, 0.5) is 10.5 Å². The number of carboxylic acids is 1. The molecule has 0 aliphatic carbocycles. The van der Waals surface area contributed by atoms with Crippen LogP contribution in [0.1, 0.15) is 12.8 Å². The monoisotopic (exact) mass is 282 g/mol. The van der Waals surface area contributed by atoms with Gasteiger partial charge in [-0.2, -0.15) is 0 Å². The molecule has 0 aromatic heterocycles. The summed E-state index contributed by atoms with van der Waals surface area (Å²) in [5, 5.41) is 12.9. The van der Waals surface area contributed by atoms with E-state index in [1.54, 1.807) is 23.9 Å². The van der Waals surface area contributed by atoms with Gasteiger partial charge in [-0.3, -0.25) is 14.9 Å². The van der Waals surface area contributed by atoms with Crippen molar-refractivity contribution >= 4 is 35.4 Å². The Hall–Kier alpha value is -2.02. The minimum atomic E-state index is -1.08. The minimum absolute atomic E-state index is 0.228. The maximum Gasteiger partial charge on any atom is 0.325 e. The maximum atomic E-state index is 11.4. The molecule has 0 spiro atoms. The van der Waals surface area contributed by atoms with Crippen LogP contribution in [0.2, 0.25) is 0 Å².